The lowest BCUT2D eigenvalue weighted by Gasteiger charge is -2.24. The molecular formula is C44H50N10O6. The predicted octanol–water partition coefficient (Wildman–Crippen LogP) is 5.45. The second-order valence-corrected chi connectivity index (χ2v) is 16.1. The molecule has 16 nitrogen and oxygen atoms in total. The van der Waals surface area contributed by atoms with E-state index in [0.717, 1.165) is 46.1 Å². The first-order valence-electron chi connectivity index (χ1n) is 20.2. The number of primary amides is 2. The third kappa shape index (κ3) is 9.54. The van der Waals surface area contributed by atoms with Crippen LogP contribution >= 0.6 is 0 Å². The molecule has 0 spiro atoms. The minimum Gasteiger partial charge on any atom is -0.481 e. The molecule has 0 unspecified atom stereocenters. The summed E-state index contributed by atoms with van der Waals surface area (Å²) in [5.74, 6) is 0.638. The van der Waals surface area contributed by atoms with Crippen molar-refractivity contribution >= 4 is 57.5 Å². The van der Waals surface area contributed by atoms with Gasteiger partial charge in [0.1, 0.15) is 40.6 Å². The SMILES string of the molecule is CC(C)(C)OC(=O)CCc1cc2c(N3CCC[C@H]3C(N)=O)nc(-c3ccccc3)nc2[nH]1.NC(=O)[C@@H]1CCCN1c1nc(-c2ccccc2)nc2[nH]c(CCC(=O)O)cc12. The van der Waals surface area contributed by atoms with E-state index in [-0.39, 0.29) is 30.6 Å². The molecular weight excluding hydrogens is 765 g/mol. The van der Waals surface area contributed by atoms with Gasteiger partial charge in [0, 0.05) is 35.6 Å². The third-order valence-electron chi connectivity index (χ3n) is 10.4. The van der Waals surface area contributed by atoms with Gasteiger partial charge in [-0.15, -0.1) is 0 Å². The van der Waals surface area contributed by atoms with E-state index in [4.69, 9.17) is 36.3 Å². The lowest BCUT2D eigenvalue weighted by Crippen LogP contribution is -2.40. The van der Waals surface area contributed by atoms with Gasteiger partial charge in [0.05, 0.1) is 23.6 Å². The zero-order valence-corrected chi connectivity index (χ0v) is 34.0. The summed E-state index contributed by atoms with van der Waals surface area (Å²) < 4.78 is 5.42. The van der Waals surface area contributed by atoms with Gasteiger partial charge in [-0.25, -0.2) is 19.9 Å². The number of anilines is 2. The van der Waals surface area contributed by atoms with Crippen LogP contribution in [0.15, 0.2) is 72.8 Å². The Balaban J connectivity index is 0.000000183. The van der Waals surface area contributed by atoms with Crippen LogP contribution in [-0.2, 0) is 36.8 Å². The number of nitrogens with two attached hydrogens (primary N) is 2. The molecule has 312 valence electrons. The lowest BCUT2D eigenvalue weighted by atomic mass is 10.1. The molecule has 6 aromatic rings. The van der Waals surface area contributed by atoms with Crippen molar-refractivity contribution in [2.75, 3.05) is 22.9 Å². The average Bonchev–Trinajstić information content (AvgIpc) is 4.05. The van der Waals surface area contributed by atoms with Crippen LogP contribution in [0.4, 0.5) is 11.6 Å². The van der Waals surface area contributed by atoms with E-state index in [1.807, 2.05) is 103 Å². The van der Waals surface area contributed by atoms with E-state index < -0.39 is 23.7 Å². The van der Waals surface area contributed by atoms with Gasteiger partial charge in [-0.05, 0) is 71.4 Å². The molecule has 8 rings (SSSR count). The first-order valence-corrected chi connectivity index (χ1v) is 20.2. The molecule has 2 aromatic carbocycles. The van der Waals surface area contributed by atoms with Gasteiger partial charge in [-0.2, -0.15) is 0 Å². The second-order valence-electron chi connectivity index (χ2n) is 16.1. The molecule has 0 bridgehead atoms. The van der Waals surface area contributed by atoms with Crippen LogP contribution in [0.2, 0.25) is 0 Å². The maximum absolute atomic E-state index is 12.2. The molecule has 2 amide bonds. The fourth-order valence-corrected chi connectivity index (χ4v) is 7.74. The number of benzene rings is 2. The largest absolute Gasteiger partial charge is 0.481 e. The number of aromatic amines is 2. The molecule has 2 saturated heterocycles. The summed E-state index contributed by atoms with van der Waals surface area (Å²) in [6, 6.07) is 22.4. The average molecular weight is 815 g/mol. The molecule has 2 atom stereocenters. The molecule has 16 heteroatoms. The normalized spacial score (nSPS) is 16.5. The minimum absolute atomic E-state index is 0.0226. The molecule has 0 aliphatic carbocycles. The number of H-pyrrole nitrogens is 2. The number of nitrogens with one attached hydrogen (secondary N) is 2. The van der Waals surface area contributed by atoms with Crippen molar-refractivity contribution in [3.8, 4) is 22.8 Å². The number of rotatable bonds is 12. The number of nitrogens with zero attached hydrogens (tertiary/aromatic N) is 6. The number of carbonyl (C=O) groups excluding carboxylic acids is 3. The van der Waals surface area contributed by atoms with Crippen LogP contribution in [0, 0.1) is 0 Å². The number of carboxylic acids is 1. The van der Waals surface area contributed by atoms with Crippen molar-refractivity contribution in [1.82, 2.24) is 29.9 Å². The fourth-order valence-electron chi connectivity index (χ4n) is 7.74. The van der Waals surface area contributed by atoms with E-state index in [0.29, 0.717) is 73.4 Å². The van der Waals surface area contributed by atoms with E-state index in [1.165, 1.54) is 0 Å². The molecule has 2 aliphatic rings. The van der Waals surface area contributed by atoms with Gasteiger partial charge in [0.15, 0.2) is 11.6 Å². The van der Waals surface area contributed by atoms with Gasteiger partial charge in [0.2, 0.25) is 11.8 Å². The Bertz CT molecular complexity index is 2510. The Morgan fingerprint density at radius 3 is 1.53 bits per heavy atom. The number of esters is 1. The number of hydrogen-bond acceptors (Lipinski definition) is 11. The van der Waals surface area contributed by atoms with Crippen LogP contribution in [-0.4, -0.2) is 89.5 Å². The van der Waals surface area contributed by atoms with E-state index in [9.17, 15) is 19.2 Å². The highest BCUT2D eigenvalue weighted by atomic mass is 16.6. The molecule has 60 heavy (non-hydrogen) atoms. The number of ether oxygens (including phenoxy) is 1. The van der Waals surface area contributed by atoms with Crippen LogP contribution in [0.3, 0.4) is 0 Å². The summed E-state index contributed by atoms with van der Waals surface area (Å²) in [6.45, 7) is 6.94. The van der Waals surface area contributed by atoms with Crippen LogP contribution in [0.25, 0.3) is 44.8 Å². The highest BCUT2D eigenvalue weighted by Crippen LogP contribution is 2.35. The van der Waals surface area contributed by atoms with Crippen molar-refractivity contribution in [3.63, 3.8) is 0 Å². The van der Waals surface area contributed by atoms with Gasteiger partial charge in [-0.1, -0.05) is 60.7 Å². The number of aromatic nitrogens is 6. The summed E-state index contributed by atoms with van der Waals surface area (Å²) >= 11 is 0. The van der Waals surface area contributed by atoms with Crippen LogP contribution < -0.4 is 21.3 Å². The van der Waals surface area contributed by atoms with Gasteiger partial charge >= 0.3 is 11.9 Å². The maximum atomic E-state index is 12.2. The molecule has 0 saturated carbocycles. The summed E-state index contributed by atoms with van der Waals surface area (Å²) in [6.07, 6.45) is 4.26. The molecule has 6 heterocycles. The first-order chi connectivity index (χ1) is 28.7. The van der Waals surface area contributed by atoms with Gasteiger partial charge < -0.3 is 41.1 Å². The number of aryl methyl sites for hydroxylation is 2. The number of carboxylic acid groups (broad SMARTS) is 1. The Morgan fingerprint density at radius 1 is 0.700 bits per heavy atom. The summed E-state index contributed by atoms with van der Waals surface area (Å²) in [5, 5.41) is 10.6. The molecule has 0 radical (unpaired) electrons. The maximum Gasteiger partial charge on any atom is 0.306 e. The fraction of sp³-hybridized carbons (Fsp3) is 0.364. The lowest BCUT2D eigenvalue weighted by molar-refractivity contribution is -0.154. The van der Waals surface area contributed by atoms with Crippen molar-refractivity contribution in [2.45, 2.75) is 89.8 Å². The summed E-state index contributed by atoms with van der Waals surface area (Å²) in [7, 11) is 0. The molecule has 2 fully saturated rings. The number of amides is 2. The number of fused-ring (bicyclic) bond motifs is 2. The van der Waals surface area contributed by atoms with Crippen molar-refractivity contribution in [3.05, 3.63) is 84.2 Å². The topological polar surface area (TPSA) is 239 Å². The van der Waals surface area contributed by atoms with Crippen LogP contribution in [0.1, 0.15) is 70.7 Å². The predicted molar refractivity (Wildman–Crippen MR) is 228 cm³/mol. The number of carbonyl (C=O) groups is 4. The third-order valence-corrected chi connectivity index (χ3v) is 10.4. The van der Waals surface area contributed by atoms with Crippen molar-refractivity contribution in [2.24, 2.45) is 11.5 Å². The number of aliphatic carboxylic acids is 1. The standard InChI is InChI=1S/C24H29N5O3.C20H21N5O3/c1-24(2,3)32-19(30)12-11-16-14-17-22(26-16)27-21(15-8-5-4-6-9-15)28-23(17)29-13-7-10-18(29)20(25)31;21-17(28)15-7-4-10-25(15)20-14-11-13(8-9-16(26)27)22-19(14)23-18(24-20)12-5-2-1-3-6-12/h4-6,8-9,14,18H,7,10-13H2,1-3H3,(H2,25,31)(H,26,27,28);1-3,5-6,11,15H,4,7-10H2,(H2,21,28)(H,26,27)(H,22,23,24)/t18-;15-/m00/s1. The number of hydrogen-bond donors (Lipinski definition) is 5. The first kappa shape index (κ1) is 41.3. The monoisotopic (exact) mass is 814 g/mol. The van der Waals surface area contributed by atoms with Crippen molar-refractivity contribution in [1.29, 1.82) is 0 Å². The van der Waals surface area contributed by atoms with E-state index in [1.54, 1.807) is 0 Å². The smallest absolute Gasteiger partial charge is 0.306 e. The summed E-state index contributed by atoms with van der Waals surface area (Å²) in [5.41, 5.74) is 15.4. The quantitative estimate of drug-likeness (QED) is 0.0970. The Kier molecular flexibility index (Phi) is 12.1. The Morgan fingerprint density at radius 2 is 1.13 bits per heavy atom. The van der Waals surface area contributed by atoms with E-state index in [2.05, 4.69) is 15.0 Å². The van der Waals surface area contributed by atoms with Gasteiger partial charge in [0.25, 0.3) is 0 Å². The molecule has 4 aromatic heterocycles. The molecule has 7 N–H and O–H groups in total. The molecule has 2 aliphatic heterocycles. The van der Waals surface area contributed by atoms with Gasteiger partial charge in [-0.3, -0.25) is 19.2 Å². The Hall–Kier alpha value is -6.84. The zero-order chi connectivity index (χ0) is 42.6. The minimum atomic E-state index is -0.858. The zero-order valence-electron chi connectivity index (χ0n) is 34.0. The highest BCUT2D eigenvalue weighted by Gasteiger charge is 2.33. The van der Waals surface area contributed by atoms with Crippen LogP contribution in [0.5, 0.6) is 0 Å². The summed E-state index contributed by atoms with van der Waals surface area (Å²) in [4.78, 5) is 76.5. The van der Waals surface area contributed by atoms with Crippen molar-refractivity contribution < 1.29 is 29.0 Å². The highest BCUT2D eigenvalue weighted by molar-refractivity contribution is 5.95. The van der Waals surface area contributed by atoms with E-state index >= 15 is 0 Å². The second kappa shape index (κ2) is 17.6. The Labute approximate surface area is 346 Å².